The summed E-state index contributed by atoms with van der Waals surface area (Å²) in [6.45, 7) is 4.24. The number of hydrogen-bond acceptors (Lipinski definition) is 3. The normalized spacial score (nSPS) is 12.4. The van der Waals surface area contributed by atoms with Gasteiger partial charge in [-0.05, 0) is 58.6 Å². The van der Waals surface area contributed by atoms with Crippen LogP contribution in [0.4, 0.5) is 0 Å². The van der Waals surface area contributed by atoms with E-state index < -0.39 is 0 Å². The topological polar surface area (TPSA) is 50.9 Å². The Bertz CT molecular complexity index is 552. The molecule has 1 aromatic heterocycles. The van der Waals surface area contributed by atoms with Crippen LogP contribution in [0.3, 0.4) is 0 Å². The third-order valence-corrected chi connectivity index (χ3v) is 3.89. The van der Waals surface area contributed by atoms with Crippen LogP contribution in [0.25, 0.3) is 0 Å². The summed E-state index contributed by atoms with van der Waals surface area (Å²) in [6.07, 6.45) is 2.58. The molecule has 3 nitrogen and oxygen atoms in total. The number of rotatable bonds is 4. The first-order valence-corrected chi connectivity index (χ1v) is 7.03. The molecule has 19 heavy (non-hydrogen) atoms. The van der Waals surface area contributed by atoms with Crippen LogP contribution >= 0.6 is 15.9 Å². The van der Waals surface area contributed by atoms with Gasteiger partial charge in [0.1, 0.15) is 0 Å². The lowest BCUT2D eigenvalue weighted by atomic mass is 9.95. The second-order valence-corrected chi connectivity index (χ2v) is 5.60. The number of benzene rings is 1. The molecule has 2 rings (SSSR count). The molecule has 3 N–H and O–H groups in total. The average Bonchev–Trinajstić information content (AvgIpc) is 2.42. The molecule has 1 heterocycles. The molecule has 1 aromatic carbocycles. The highest BCUT2D eigenvalue weighted by atomic mass is 79.9. The third-order valence-electron chi connectivity index (χ3n) is 3.43. The van der Waals surface area contributed by atoms with E-state index in [1.807, 2.05) is 18.3 Å². The summed E-state index contributed by atoms with van der Waals surface area (Å²) >= 11 is 3.39. The Hall–Kier alpha value is -1.23. The molecule has 0 fully saturated rings. The fraction of sp³-hybridized carbons (Fsp3) is 0.267. The molecular formula is C15H18BrN3. The molecule has 1 unspecified atom stereocenters. The third kappa shape index (κ3) is 3.41. The molecule has 0 radical (unpaired) electrons. The Morgan fingerprint density at radius 3 is 2.68 bits per heavy atom. The minimum absolute atomic E-state index is 0.0774. The van der Waals surface area contributed by atoms with Gasteiger partial charge in [-0.3, -0.25) is 16.3 Å². The van der Waals surface area contributed by atoms with Crippen molar-refractivity contribution in [2.45, 2.75) is 26.3 Å². The molecule has 0 amide bonds. The van der Waals surface area contributed by atoms with Crippen molar-refractivity contribution >= 4 is 15.9 Å². The Balaban J connectivity index is 2.25. The lowest BCUT2D eigenvalue weighted by molar-refractivity contribution is 0.543. The number of nitrogens with two attached hydrogens (primary N) is 1. The number of nitrogens with zero attached hydrogens (tertiary/aromatic N) is 1. The molecule has 0 bridgehead atoms. The Labute approximate surface area is 122 Å². The molecule has 4 heteroatoms. The van der Waals surface area contributed by atoms with E-state index in [4.69, 9.17) is 5.84 Å². The van der Waals surface area contributed by atoms with Crippen LogP contribution in [-0.4, -0.2) is 4.98 Å². The van der Waals surface area contributed by atoms with E-state index in [0.29, 0.717) is 0 Å². The van der Waals surface area contributed by atoms with Gasteiger partial charge in [0.05, 0.1) is 6.04 Å². The van der Waals surface area contributed by atoms with Gasteiger partial charge in [-0.15, -0.1) is 0 Å². The van der Waals surface area contributed by atoms with Crippen molar-refractivity contribution in [1.29, 1.82) is 0 Å². The number of hydrazine groups is 1. The van der Waals surface area contributed by atoms with Gasteiger partial charge in [0.25, 0.3) is 0 Å². The van der Waals surface area contributed by atoms with Crippen LogP contribution in [0.1, 0.15) is 28.4 Å². The second-order valence-electron chi connectivity index (χ2n) is 4.68. The predicted octanol–water partition coefficient (Wildman–Crippen LogP) is 3.21. The quantitative estimate of drug-likeness (QED) is 0.672. The zero-order valence-corrected chi connectivity index (χ0v) is 12.7. The SMILES string of the molecule is Cc1cccc(C(Cc2ccc(Br)cn2)NN)c1C. The molecule has 1 atom stereocenters. The van der Waals surface area contributed by atoms with Gasteiger partial charge in [0.2, 0.25) is 0 Å². The van der Waals surface area contributed by atoms with Crippen LogP contribution in [0, 0.1) is 13.8 Å². The van der Waals surface area contributed by atoms with E-state index >= 15 is 0 Å². The summed E-state index contributed by atoms with van der Waals surface area (Å²) in [5.74, 6) is 5.71. The molecule has 100 valence electrons. The van der Waals surface area contributed by atoms with Gasteiger partial charge in [0.15, 0.2) is 0 Å². The highest BCUT2D eigenvalue weighted by molar-refractivity contribution is 9.10. The fourth-order valence-corrected chi connectivity index (χ4v) is 2.38. The summed E-state index contributed by atoms with van der Waals surface area (Å²) in [7, 11) is 0. The maximum absolute atomic E-state index is 5.71. The molecular weight excluding hydrogens is 302 g/mol. The zero-order chi connectivity index (χ0) is 13.8. The molecule has 0 aliphatic carbocycles. The van der Waals surface area contributed by atoms with Crippen molar-refractivity contribution < 1.29 is 0 Å². The van der Waals surface area contributed by atoms with Gasteiger partial charge in [0, 0.05) is 22.8 Å². The number of pyridine rings is 1. The van der Waals surface area contributed by atoms with E-state index in [9.17, 15) is 0 Å². The summed E-state index contributed by atoms with van der Waals surface area (Å²) in [5.41, 5.74) is 7.71. The number of aromatic nitrogens is 1. The first kappa shape index (κ1) is 14.2. The standard InChI is InChI=1S/C15H18BrN3/c1-10-4-3-5-14(11(10)2)15(19-17)8-13-7-6-12(16)9-18-13/h3-7,9,15,19H,8,17H2,1-2H3. The summed E-state index contributed by atoms with van der Waals surface area (Å²) in [6, 6.07) is 10.4. The van der Waals surface area contributed by atoms with Crippen LogP contribution in [0.2, 0.25) is 0 Å². The maximum atomic E-state index is 5.71. The van der Waals surface area contributed by atoms with E-state index in [1.54, 1.807) is 0 Å². The van der Waals surface area contributed by atoms with Crippen LogP contribution < -0.4 is 11.3 Å². The molecule has 0 saturated heterocycles. The number of hydrogen-bond donors (Lipinski definition) is 2. The average molecular weight is 320 g/mol. The first-order valence-electron chi connectivity index (χ1n) is 6.24. The summed E-state index contributed by atoms with van der Waals surface area (Å²) in [4.78, 5) is 4.40. The molecule has 0 aliphatic heterocycles. The maximum Gasteiger partial charge on any atom is 0.0518 e. The molecule has 2 aromatic rings. The van der Waals surface area contributed by atoms with Gasteiger partial charge in [-0.25, -0.2) is 0 Å². The lowest BCUT2D eigenvalue weighted by Crippen LogP contribution is -2.30. The fourth-order valence-electron chi connectivity index (χ4n) is 2.15. The Morgan fingerprint density at radius 2 is 2.05 bits per heavy atom. The number of aryl methyl sites for hydroxylation is 1. The van der Waals surface area contributed by atoms with Crippen molar-refractivity contribution in [3.63, 3.8) is 0 Å². The van der Waals surface area contributed by atoms with E-state index in [0.717, 1.165) is 16.6 Å². The van der Waals surface area contributed by atoms with Gasteiger partial charge < -0.3 is 0 Å². The largest absolute Gasteiger partial charge is 0.271 e. The number of nitrogens with one attached hydrogen (secondary N) is 1. The van der Waals surface area contributed by atoms with E-state index in [1.165, 1.54) is 16.7 Å². The zero-order valence-electron chi connectivity index (χ0n) is 11.2. The first-order chi connectivity index (χ1) is 9.11. The second kappa shape index (κ2) is 6.28. The highest BCUT2D eigenvalue weighted by Gasteiger charge is 2.14. The predicted molar refractivity (Wildman–Crippen MR) is 81.6 cm³/mol. The van der Waals surface area contributed by atoms with Crippen molar-refractivity contribution in [3.05, 3.63) is 63.4 Å². The van der Waals surface area contributed by atoms with E-state index in [-0.39, 0.29) is 6.04 Å². The molecule has 0 saturated carbocycles. The van der Waals surface area contributed by atoms with Gasteiger partial charge in [-0.1, -0.05) is 18.2 Å². The van der Waals surface area contributed by atoms with Gasteiger partial charge >= 0.3 is 0 Å². The van der Waals surface area contributed by atoms with Crippen molar-refractivity contribution in [2.75, 3.05) is 0 Å². The summed E-state index contributed by atoms with van der Waals surface area (Å²) in [5, 5.41) is 0. The molecule has 0 spiro atoms. The van der Waals surface area contributed by atoms with Crippen LogP contribution in [0.15, 0.2) is 41.0 Å². The van der Waals surface area contributed by atoms with Crippen LogP contribution in [-0.2, 0) is 6.42 Å². The van der Waals surface area contributed by atoms with Gasteiger partial charge in [-0.2, -0.15) is 0 Å². The van der Waals surface area contributed by atoms with Crippen molar-refractivity contribution in [1.82, 2.24) is 10.4 Å². The summed E-state index contributed by atoms with van der Waals surface area (Å²) < 4.78 is 0.986. The highest BCUT2D eigenvalue weighted by Crippen LogP contribution is 2.23. The van der Waals surface area contributed by atoms with Crippen molar-refractivity contribution in [2.24, 2.45) is 5.84 Å². The molecule has 0 aliphatic rings. The minimum Gasteiger partial charge on any atom is -0.271 e. The Kier molecular flexibility index (Phi) is 4.69. The lowest BCUT2D eigenvalue weighted by Gasteiger charge is -2.19. The van der Waals surface area contributed by atoms with Crippen LogP contribution in [0.5, 0.6) is 0 Å². The monoisotopic (exact) mass is 319 g/mol. The Morgan fingerprint density at radius 1 is 1.26 bits per heavy atom. The minimum atomic E-state index is 0.0774. The van der Waals surface area contributed by atoms with Crippen molar-refractivity contribution in [3.8, 4) is 0 Å². The number of halogens is 1. The smallest absolute Gasteiger partial charge is 0.0518 e. The van der Waals surface area contributed by atoms with E-state index in [2.05, 4.69) is 58.4 Å².